The second-order valence-electron chi connectivity index (χ2n) is 10.0. The highest BCUT2D eigenvalue weighted by Gasteiger charge is 2.21. The Balaban J connectivity index is 0.000000241. The zero-order chi connectivity index (χ0) is 32.6. The molecule has 0 radical (unpaired) electrons. The maximum absolute atomic E-state index is 12.7. The molecule has 44 heavy (non-hydrogen) atoms. The molecule has 4 aromatic rings. The lowest BCUT2D eigenvalue weighted by molar-refractivity contribution is 0.0591. The summed E-state index contributed by atoms with van der Waals surface area (Å²) in [5.74, 6) is 0.0928. The van der Waals surface area contributed by atoms with Crippen LogP contribution in [0.3, 0.4) is 0 Å². The van der Waals surface area contributed by atoms with Gasteiger partial charge in [0, 0.05) is 17.8 Å². The maximum atomic E-state index is 12.7. The van der Waals surface area contributed by atoms with Crippen molar-refractivity contribution in [1.82, 2.24) is 0 Å². The Hall–Kier alpha value is -2.42. The standard InChI is InChI=1S/C17H17IO4S.C17H17IO2S/c1-11-5-4-6-14(12(11)2)10-23(20,21)16-8-7-13(9-15(16)18)17(19)22-3;1-11-5-4-6-14(12(11)2)10-21-16-8-7-13(9-15(16)18)17(19)20-3/h4-9H,10H2,1-3H3;4-9H,10H2,1-3H3. The second-order valence-corrected chi connectivity index (χ2v) is 15.3. The molecule has 0 heterocycles. The zero-order valence-electron chi connectivity index (χ0n) is 25.4. The minimum atomic E-state index is -3.49. The zero-order valence-corrected chi connectivity index (χ0v) is 31.3. The number of methoxy groups -OCH3 is 2. The van der Waals surface area contributed by atoms with Crippen molar-refractivity contribution in [3.8, 4) is 0 Å². The largest absolute Gasteiger partial charge is 0.465 e. The van der Waals surface area contributed by atoms with Crippen LogP contribution in [0.15, 0.2) is 82.6 Å². The van der Waals surface area contributed by atoms with E-state index >= 15 is 0 Å². The number of benzene rings is 4. The molecule has 4 rings (SSSR count). The smallest absolute Gasteiger partial charge is 0.337 e. The van der Waals surface area contributed by atoms with Gasteiger partial charge in [-0.05, 0) is 143 Å². The summed E-state index contributed by atoms with van der Waals surface area (Å²) in [5, 5.41) is 0. The monoisotopic (exact) mass is 856 g/mol. The Morgan fingerprint density at radius 1 is 0.705 bits per heavy atom. The van der Waals surface area contributed by atoms with Crippen LogP contribution in [0.2, 0.25) is 0 Å². The summed E-state index contributed by atoms with van der Waals surface area (Å²) in [7, 11) is -0.799. The van der Waals surface area contributed by atoms with Gasteiger partial charge in [-0.2, -0.15) is 0 Å². The highest BCUT2D eigenvalue weighted by atomic mass is 127. The van der Waals surface area contributed by atoms with Gasteiger partial charge in [-0.15, -0.1) is 11.8 Å². The van der Waals surface area contributed by atoms with E-state index in [0.717, 1.165) is 26.0 Å². The number of carbonyl (C=O) groups is 2. The van der Waals surface area contributed by atoms with Crippen LogP contribution in [0, 0.1) is 34.8 Å². The number of thioether (sulfide) groups is 1. The van der Waals surface area contributed by atoms with Crippen LogP contribution >= 0.6 is 56.9 Å². The minimum Gasteiger partial charge on any atom is -0.465 e. The van der Waals surface area contributed by atoms with Crippen molar-refractivity contribution in [1.29, 1.82) is 0 Å². The molecular weight excluding hydrogens is 822 g/mol. The van der Waals surface area contributed by atoms with Crippen LogP contribution in [0.25, 0.3) is 0 Å². The second kappa shape index (κ2) is 16.2. The number of sulfone groups is 1. The van der Waals surface area contributed by atoms with E-state index in [1.54, 1.807) is 11.8 Å². The Kier molecular flexibility index (Phi) is 13.3. The maximum Gasteiger partial charge on any atom is 0.337 e. The lowest BCUT2D eigenvalue weighted by Crippen LogP contribution is -2.10. The molecule has 0 bridgehead atoms. The summed E-state index contributed by atoms with van der Waals surface area (Å²) in [6.07, 6.45) is 0. The van der Waals surface area contributed by atoms with Crippen LogP contribution in [0.4, 0.5) is 0 Å². The fraction of sp³-hybridized carbons (Fsp3) is 0.235. The topological polar surface area (TPSA) is 86.7 Å². The Morgan fingerprint density at radius 2 is 1.20 bits per heavy atom. The molecule has 0 aliphatic heterocycles. The normalized spacial score (nSPS) is 10.9. The molecule has 0 aliphatic rings. The van der Waals surface area contributed by atoms with Gasteiger partial charge in [0.05, 0.1) is 36.0 Å². The molecule has 0 spiro atoms. The first-order valence-corrected chi connectivity index (χ1v) is 18.3. The van der Waals surface area contributed by atoms with Gasteiger partial charge in [0.2, 0.25) is 0 Å². The predicted octanol–water partition coefficient (Wildman–Crippen LogP) is 8.66. The van der Waals surface area contributed by atoms with E-state index in [1.807, 2.05) is 72.8 Å². The van der Waals surface area contributed by atoms with Gasteiger partial charge in [0.25, 0.3) is 0 Å². The van der Waals surface area contributed by atoms with Crippen LogP contribution in [-0.2, 0) is 30.8 Å². The molecule has 0 amide bonds. The highest BCUT2D eigenvalue weighted by molar-refractivity contribution is 14.1. The van der Waals surface area contributed by atoms with Crippen LogP contribution in [0.1, 0.15) is 54.1 Å². The van der Waals surface area contributed by atoms with Crippen LogP contribution < -0.4 is 0 Å². The fourth-order valence-corrected chi connectivity index (χ4v) is 9.23. The van der Waals surface area contributed by atoms with Crippen molar-refractivity contribution in [3.63, 3.8) is 0 Å². The Bertz CT molecular complexity index is 1780. The van der Waals surface area contributed by atoms with E-state index in [0.29, 0.717) is 14.7 Å². The molecule has 0 unspecified atom stereocenters. The van der Waals surface area contributed by atoms with Crippen molar-refractivity contribution < 1.29 is 27.5 Å². The molecule has 0 aliphatic carbocycles. The van der Waals surface area contributed by atoms with E-state index < -0.39 is 15.8 Å². The molecule has 6 nitrogen and oxygen atoms in total. The summed E-state index contributed by atoms with van der Waals surface area (Å²) in [6.45, 7) is 8.18. The summed E-state index contributed by atoms with van der Waals surface area (Å²) < 4.78 is 36.4. The average Bonchev–Trinajstić information content (AvgIpc) is 2.99. The average molecular weight is 857 g/mol. The number of carbonyl (C=O) groups excluding carboxylic acids is 2. The Morgan fingerprint density at radius 3 is 1.73 bits per heavy atom. The molecule has 0 atom stereocenters. The van der Waals surface area contributed by atoms with Gasteiger partial charge in [0.1, 0.15) is 0 Å². The minimum absolute atomic E-state index is 0.0614. The van der Waals surface area contributed by atoms with Gasteiger partial charge in [0.15, 0.2) is 9.84 Å². The van der Waals surface area contributed by atoms with E-state index in [1.165, 1.54) is 54.0 Å². The van der Waals surface area contributed by atoms with E-state index in [9.17, 15) is 18.0 Å². The molecule has 232 valence electrons. The van der Waals surface area contributed by atoms with Crippen molar-refractivity contribution in [3.05, 3.63) is 124 Å². The number of halogens is 2. The van der Waals surface area contributed by atoms with E-state index in [4.69, 9.17) is 4.74 Å². The first kappa shape index (κ1) is 36.1. The van der Waals surface area contributed by atoms with Crippen LogP contribution in [0.5, 0.6) is 0 Å². The third kappa shape index (κ3) is 9.30. The molecule has 0 aromatic heterocycles. The quantitative estimate of drug-likeness (QED) is 0.0997. The van der Waals surface area contributed by atoms with Crippen molar-refractivity contribution >= 4 is 78.7 Å². The Labute approximate surface area is 291 Å². The van der Waals surface area contributed by atoms with E-state index in [2.05, 4.69) is 59.4 Å². The molecule has 10 heteroatoms. The van der Waals surface area contributed by atoms with Gasteiger partial charge < -0.3 is 9.47 Å². The molecule has 0 saturated carbocycles. The SMILES string of the molecule is COC(=O)c1ccc(S(=O)(=O)Cc2cccc(C)c2C)c(I)c1.COC(=O)c1ccc(SCc2cccc(C)c2C)c(I)c1. The fourth-order valence-electron chi connectivity index (χ4n) is 4.24. The summed E-state index contributed by atoms with van der Waals surface area (Å²) in [4.78, 5) is 24.4. The predicted molar refractivity (Wildman–Crippen MR) is 193 cm³/mol. The third-order valence-electron chi connectivity index (χ3n) is 7.20. The third-order valence-corrected chi connectivity index (χ3v) is 12.6. The summed E-state index contributed by atoms with van der Waals surface area (Å²) >= 11 is 5.99. The summed E-state index contributed by atoms with van der Waals surface area (Å²) in [5.41, 5.74) is 7.80. The van der Waals surface area contributed by atoms with Gasteiger partial charge in [-0.1, -0.05) is 36.4 Å². The van der Waals surface area contributed by atoms with Gasteiger partial charge in [-0.3, -0.25) is 0 Å². The van der Waals surface area contributed by atoms with Crippen molar-refractivity contribution in [2.75, 3.05) is 14.2 Å². The highest BCUT2D eigenvalue weighted by Crippen LogP contribution is 2.30. The van der Waals surface area contributed by atoms with Crippen LogP contribution in [-0.4, -0.2) is 34.6 Å². The molecular formula is C34H34I2O6S2. The molecule has 0 N–H and O–H groups in total. The van der Waals surface area contributed by atoms with Crippen molar-refractivity contribution in [2.24, 2.45) is 0 Å². The van der Waals surface area contributed by atoms with Gasteiger partial charge in [-0.25, -0.2) is 18.0 Å². The lowest BCUT2D eigenvalue weighted by atomic mass is 10.1. The van der Waals surface area contributed by atoms with E-state index in [-0.39, 0.29) is 16.6 Å². The number of rotatable bonds is 8. The number of hydrogen-bond donors (Lipinski definition) is 0. The number of hydrogen-bond acceptors (Lipinski definition) is 7. The molecule has 0 saturated heterocycles. The number of aryl methyl sites for hydroxylation is 2. The molecule has 4 aromatic carbocycles. The van der Waals surface area contributed by atoms with Crippen molar-refractivity contribution in [2.45, 2.75) is 49.0 Å². The van der Waals surface area contributed by atoms with Gasteiger partial charge >= 0.3 is 11.9 Å². The summed E-state index contributed by atoms with van der Waals surface area (Å²) in [6, 6.07) is 22.2. The number of esters is 2. The molecule has 0 fully saturated rings. The first-order chi connectivity index (χ1) is 20.8. The number of ether oxygens (including phenoxy) is 2. The first-order valence-electron chi connectivity index (χ1n) is 13.5. The lowest BCUT2D eigenvalue weighted by Gasteiger charge is -2.11.